The topological polar surface area (TPSA) is 99.9 Å². The van der Waals surface area contributed by atoms with E-state index < -0.39 is 5.60 Å². The van der Waals surface area contributed by atoms with Crippen molar-refractivity contribution in [3.63, 3.8) is 0 Å². The summed E-state index contributed by atoms with van der Waals surface area (Å²) in [4.78, 5) is 24.9. The second kappa shape index (κ2) is 11.5. The summed E-state index contributed by atoms with van der Waals surface area (Å²) in [5, 5.41) is 3.13. The Labute approximate surface area is 200 Å². The molecule has 33 heavy (non-hydrogen) atoms. The Kier molecular flexibility index (Phi) is 9.78. The van der Waals surface area contributed by atoms with E-state index in [1.807, 2.05) is 20.8 Å². The minimum Gasteiger partial charge on any atom is -0.460 e. The molecule has 2 fully saturated rings. The molecule has 2 heterocycles. The molecule has 0 aliphatic carbocycles. The lowest BCUT2D eigenvalue weighted by atomic mass is 9.82. The smallest absolute Gasteiger partial charge is 0.308 e. The van der Waals surface area contributed by atoms with Crippen molar-refractivity contribution >= 4 is 11.9 Å². The normalized spacial score (nSPS) is 29.3. The molecule has 0 spiro atoms. The molecular weight excluding hydrogens is 420 g/mol. The van der Waals surface area contributed by atoms with Gasteiger partial charge in [0.2, 0.25) is 5.91 Å². The van der Waals surface area contributed by atoms with Gasteiger partial charge in [-0.25, -0.2) is 0 Å². The highest BCUT2D eigenvalue weighted by Gasteiger charge is 2.37. The minimum atomic E-state index is -0.491. The maximum Gasteiger partial charge on any atom is 0.308 e. The van der Waals surface area contributed by atoms with Crippen LogP contribution in [0, 0.1) is 11.8 Å². The van der Waals surface area contributed by atoms with Crippen molar-refractivity contribution in [1.82, 2.24) is 5.32 Å². The molecule has 2 saturated heterocycles. The van der Waals surface area contributed by atoms with E-state index >= 15 is 0 Å². The largest absolute Gasteiger partial charge is 0.460 e. The SMILES string of the molecule is CC(C)(C)OC(=O)C[C@H]1C[C@@H](CCNC(=O)C[C@H]2C[C@@H](CCN)OC(C)(C)C2)CC(C)(C)O1. The van der Waals surface area contributed by atoms with E-state index in [1.54, 1.807) is 0 Å². The first kappa shape index (κ1) is 28.1. The molecular formula is C26H48N2O5. The van der Waals surface area contributed by atoms with E-state index in [0.717, 1.165) is 38.5 Å². The molecule has 2 aliphatic heterocycles. The zero-order valence-corrected chi connectivity index (χ0v) is 22.0. The molecule has 1 amide bonds. The molecule has 3 N–H and O–H groups in total. The van der Waals surface area contributed by atoms with Gasteiger partial charge in [-0.1, -0.05) is 0 Å². The summed E-state index contributed by atoms with van der Waals surface area (Å²) in [6, 6.07) is 0. The maximum atomic E-state index is 12.6. The highest BCUT2D eigenvalue weighted by Crippen LogP contribution is 2.36. The number of hydrogen-bond donors (Lipinski definition) is 2. The predicted octanol–water partition coefficient (Wildman–Crippen LogP) is 4.11. The zero-order chi connectivity index (χ0) is 24.9. The molecule has 0 aromatic heterocycles. The molecule has 2 aliphatic rings. The average molecular weight is 469 g/mol. The number of esters is 1. The molecule has 0 aromatic carbocycles. The Balaban J connectivity index is 1.78. The average Bonchev–Trinajstić information content (AvgIpc) is 2.57. The van der Waals surface area contributed by atoms with Gasteiger partial charge in [-0.3, -0.25) is 9.59 Å². The van der Waals surface area contributed by atoms with Crippen molar-refractivity contribution < 1.29 is 23.8 Å². The van der Waals surface area contributed by atoms with E-state index in [2.05, 4.69) is 33.0 Å². The first-order chi connectivity index (χ1) is 15.2. The first-order valence-electron chi connectivity index (χ1n) is 12.7. The summed E-state index contributed by atoms with van der Waals surface area (Å²) in [6.45, 7) is 15.2. The van der Waals surface area contributed by atoms with Crippen LogP contribution in [-0.2, 0) is 23.8 Å². The van der Waals surface area contributed by atoms with Gasteiger partial charge < -0.3 is 25.3 Å². The van der Waals surface area contributed by atoms with Crippen LogP contribution in [0.1, 0.15) is 99.8 Å². The number of nitrogens with one attached hydrogen (secondary N) is 1. The van der Waals surface area contributed by atoms with Gasteiger partial charge in [0, 0.05) is 13.0 Å². The molecule has 4 atom stereocenters. The third kappa shape index (κ3) is 10.7. The number of amides is 1. The number of hydrogen-bond acceptors (Lipinski definition) is 6. The van der Waals surface area contributed by atoms with Crippen molar-refractivity contribution in [2.24, 2.45) is 17.6 Å². The zero-order valence-electron chi connectivity index (χ0n) is 22.0. The van der Waals surface area contributed by atoms with Crippen LogP contribution in [0.4, 0.5) is 0 Å². The fourth-order valence-electron chi connectivity index (χ4n) is 5.58. The van der Waals surface area contributed by atoms with Crippen molar-refractivity contribution in [3.8, 4) is 0 Å². The monoisotopic (exact) mass is 468 g/mol. The van der Waals surface area contributed by atoms with E-state index in [0.29, 0.717) is 31.3 Å². The molecule has 7 heteroatoms. The lowest BCUT2D eigenvalue weighted by Gasteiger charge is -2.41. The van der Waals surface area contributed by atoms with Crippen LogP contribution < -0.4 is 11.1 Å². The van der Waals surface area contributed by atoms with Gasteiger partial charge in [0.1, 0.15) is 5.60 Å². The molecule has 0 radical (unpaired) electrons. The number of carbonyl (C=O) groups excluding carboxylic acids is 2. The third-order valence-corrected chi connectivity index (χ3v) is 6.38. The molecule has 0 saturated carbocycles. The minimum absolute atomic E-state index is 0.112. The number of nitrogens with two attached hydrogens (primary N) is 1. The molecule has 0 unspecified atom stereocenters. The summed E-state index contributed by atoms with van der Waals surface area (Å²) in [7, 11) is 0. The van der Waals surface area contributed by atoms with E-state index in [4.69, 9.17) is 19.9 Å². The van der Waals surface area contributed by atoms with Gasteiger partial charge in [0.05, 0.1) is 29.8 Å². The summed E-state index contributed by atoms with van der Waals surface area (Å²) in [5.74, 6) is 0.619. The second-order valence-electron chi connectivity index (χ2n) is 12.3. The molecule has 2 rings (SSSR count). The van der Waals surface area contributed by atoms with Gasteiger partial charge in [-0.2, -0.15) is 0 Å². The number of carbonyl (C=O) groups is 2. The quantitative estimate of drug-likeness (QED) is 0.494. The Hall–Kier alpha value is -1.18. The van der Waals surface area contributed by atoms with Gasteiger partial charge in [-0.05, 0) is 105 Å². The Morgan fingerprint density at radius 1 is 0.939 bits per heavy atom. The second-order valence-corrected chi connectivity index (χ2v) is 12.3. The fraction of sp³-hybridized carbons (Fsp3) is 0.923. The number of rotatable bonds is 9. The predicted molar refractivity (Wildman–Crippen MR) is 130 cm³/mol. The van der Waals surface area contributed by atoms with Crippen LogP contribution in [0.2, 0.25) is 0 Å². The van der Waals surface area contributed by atoms with Gasteiger partial charge in [0.25, 0.3) is 0 Å². The molecule has 192 valence electrons. The summed E-state index contributed by atoms with van der Waals surface area (Å²) < 4.78 is 17.7. The van der Waals surface area contributed by atoms with Crippen LogP contribution >= 0.6 is 0 Å². The van der Waals surface area contributed by atoms with Crippen molar-refractivity contribution in [2.45, 2.75) is 129 Å². The van der Waals surface area contributed by atoms with Crippen LogP contribution in [0.25, 0.3) is 0 Å². The van der Waals surface area contributed by atoms with Crippen molar-refractivity contribution in [1.29, 1.82) is 0 Å². The number of ether oxygens (including phenoxy) is 3. The van der Waals surface area contributed by atoms with Gasteiger partial charge in [0.15, 0.2) is 0 Å². The van der Waals surface area contributed by atoms with Crippen LogP contribution in [0.15, 0.2) is 0 Å². The van der Waals surface area contributed by atoms with E-state index in [9.17, 15) is 9.59 Å². The first-order valence-corrected chi connectivity index (χ1v) is 12.7. The summed E-state index contributed by atoms with van der Waals surface area (Å²) in [5.41, 5.74) is 4.73. The van der Waals surface area contributed by atoms with Crippen molar-refractivity contribution in [2.75, 3.05) is 13.1 Å². The van der Waals surface area contributed by atoms with E-state index in [-0.39, 0.29) is 41.7 Å². The van der Waals surface area contributed by atoms with Gasteiger partial charge >= 0.3 is 5.97 Å². The molecule has 0 aromatic rings. The molecule has 0 bridgehead atoms. The Bertz CT molecular complexity index is 656. The fourth-order valence-corrected chi connectivity index (χ4v) is 5.58. The van der Waals surface area contributed by atoms with Crippen molar-refractivity contribution in [3.05, 3.63) is 0 Å². The summed E-state index contributed by atoms with van der Waals surface area (Å²) >= 11 is 0. The lowest BCUT2D eigenvalue weighted by Crippen LogP contribution is -2.43. The highest BCUT2D eigenvalue weighted by atomic mass is 16.6. The van der Waals surface area contributed by atoms with Crippen LogP contribution in [-0.4, -0.2) is 54.0 Å². The summed E-state index contributed by atoms with van der Waals surface area (Å²) in [6.07, 6.45) is 6.05. The molecule has 7 nitrogen and oxygen atoms in total. The van der Waals surface area contributed by atoms with Crippen LogP contribution in [0.3, 0.4) is 0 Å². The maximum absolute atomic E-state index is 12.6. The highest BCUT2D eigenvalue weighted by molar-refractivity contribution is 5.76. The lowest BCUT2D eigenvalue weighted by molar-refractivity contribution is -0.168. The van der Waals surface area contributed by atoms with Gasteiger partial charge in [-0.15, -0.1) is 0 Å². The Morgan fingerprint density at radius 3 is 2.12 bits per heavy atom. The third-order valence-electron chi connectivity index (χ3n) is 6.38. The van der Waals surface area contributed by atoms with E-state index in [1.165, 1.54) is 0 Å². The van der Waals surface area contributed by atoms with Crippen LogP contribution in [0.5, 0.6) is 0 Å². The standard InChI is InChI=1S/C26H48N2O5/c1-24(2,3)33-23(30)15-21-12-18(16-25(4,5)32-21)9-11-28-22(29)14-19-13-20(8-10-27)31-26(6,7)17-19/h18-21H,8-17,27H2,1-7H3,(H,28,29)/t18-,19-,20-,21-/m1/s1. The Morgan fingerprint density at radius 2 is 1.52 bits per heavy atom.